The number of hydrogen-bond acceptors (Lipinski definition) is 3. The van der Waals surface area contributed by atoms with Crippen molar-refractivity contribution in [1.29, 1.82) is 0 Å². The van der Waals surface area contributed by atoms with Gasteiger partial charge in [-0.15, -0.1) is 23.5 Å². The predicted molar refractivity (Wildman–Crippen MR) is 87.8 cm³/mol. The van der Waals surface area contributed by atoms with Gasteiger partial charge in [-0.05, 0) is 31.4 Å². The summed E-state index contributed by atoms with van der Waals surface area (Å²) >= 11 is 4.47. The molecule has 1 aliphatic heterocycles. The van der Waals surface area contributed by atoms with E-state index < -0.39 is 0 Å². The molecule has 1 aromatic heterocycles. The van der Waals surface area contributed by atoms with Gasteiger partial charge in [0.15, 0.2) is 0 Å². The molecule has 0 amide bonds. The summed E-state index contributed by atoms with van der Waals surface area (Å²) < 4.78 is 2.66. The summed E-state index contributed by atoms with van der Waals surface area (Å²) in [5.41, 5.74) is 0. The summed E-state index contributed by atoms with van der Waals surface area (Å²) in [5.74, 6) is 1.35. The van der Waals surface area contributed by atoms with Gasteiger partial charge in [-0.25, -0.2) is 4.98 Å². The van der Waals surface area contributed by atoms with E-state index in [2.05, 4.69) is 53.1 Å². The van der Waals surface area contributed by atoms with Crippen LogP contribution in [0.4, 0.5) is 0 Å². The lowest BCUT2D eigenvalue weighted by Crippen LogP contribution is -2.30. The van der Waals surface area contributed by atoms with E-state index >= 15 is 0 Å². The molecule has 108 valence electrons. The van der Waals surface area contributed by atoms with Crippen molar-refractivity contribution in [3.05, 3.63) is 18.7 Å². The average molecular weight is 299 g/mol. The quantitative estimate of drug-likeness (QED) is 0.719. The van der Waals surface area contributed by atoms with Crippen molar-refractivity contribution < 1.29 is 0 Å². The zero-order chi connectivity index (χ0) is 13.6. The van der Waals surface area contributed by atoms with Gasteiger partial charge in [0.05, 0.1) is 10.4 Å². The third kappa shape index (κ3) is 4.45. The summed E-state index contributed by atoms with van der Waals surface area (Å²) in [5, 5.41) is 0.893. The molecule has 1 aliphatic rings. The van der Waals surface area contributed by atoms with Gasteiger partial charge in [0.2, 0.25) is 0 Å². The van der Waals surface area contributed by atoms with Gasteiger partial charge in [-0.2, -0.15) is 0 Å². The van der Waals surface area contributed by atoms with Gasteiger partial charge < -0.3 is 4.57 Å². The molecule has 0 aromatic carbocycles. The van der Waals surface area contributed by atoms with E-state index in [0.29, 0.717) is 4.08 Å². The maximum Gasteiger partial charge on any atom is 0.0945 e. The molecule has 1 aromatic rings. The fraction of sp³-hybridized carbons (Fsp3) is 0.800. The lowest BCUT2D eigenvalue weighted by molar-refractivity contribution is 0.574. The van der Waals surface area contributed by atoms with Gasteiger partial charge in [0.25, 0.3) is 0 Å². The van der Waals surface area contributed by atoms with Gasteiger partial charge in [0, 0.05) is 24.2 Å². The van der Waals surface area contributed by atoms with Crippen LogP contribution in [-0.4, -0.2) is 24.6 Å². The minimum absolute atomic E-state index is 0.445. The molecule has 0 N–H and O–H groups in total. The molecule has 1 fully saturated rings. The molecular weight excluding hydrogens is 272 g/mol. The average Bonchev–Trinajstić information content (AvgIpc) is 2.97. The van der Waals surface area contributed by atoms with E-state index in [9.17, 15) is 0 Å². The van der Waals surface area contributed by atoms with E-state index in [4.69, 9.17) is 0 Å². The van der Waals surface area contributed by atoms with Crippen LogP contribution in [0.15, 0.2) is 18.7 Å². The number of unbranched alkanes of at least 4 members (excludes halogenated alkanes) is 1. The minimum Gasteiger partial charge on any atom is -0.337 e. The second-order valence-electron chi connectivity index (χ2n) is 5.33. The monoisotopic (exact) mass is 298 g/mol. The highest BCUT2D eigenvalue weighted by molar-refractivity contribution is 8.19. The maximum absolute atomic E-state index is 4.14. The summed E-state index contributed by atoms with van der Waals surface area (Å²) in [6, 6.07) is 0. The van der Waals surface area contributed by atoms with E-state index in [0.717, 1.165) is 11.8 Å². The second kappa shape index (κ2) is 7.63. The maximum atomic E-state index is 4.14. The molecule has 0 spiro atoms. The van der Waals surface area contributed by atoms with Crippen LogP contribution in [0.5, 0.6) is 0 Å². The zero-order valence-electron chi connectivity index (χ0n) is 12.2. The molecule has 4 heteroatoms. The van der Waals surface area contributed by atoms with Gasteiger partial charge >= 0.3 is 0 Å². The highest BCUT2D eigenvalue weighted by Gasteiger charge is 2.35. The smallest absolute Gasteiger partial charge is 0.0945 e. The number of nitrogens with zero attached hydrogens (tertiary/aromatic N) is 2. The van der Waals surface area contributed by atoms with Gasteiger partial charge in [-0.1, -0.05) is 26.7 Å². The first-order chi connectivity index (χ1) is 9.28. The Morgan fingerprint density at radius 3 is 3.00 bits per heavy atom. The Hall–Kier alpha value is -0.0900. The van der Waals surface area contributed by atoms with Crippen molar-refractivity contribution in [2.45, 2.75) is 68.2 Å². The lowest BCUT2D eigenvalue weighted by atomic mass is 10.1. The van der Waals surface area contributed by atoms with Crippen LogP contribution in [-0.2, 0) is 6.54 Å². The van der Waals surface area contributed by atoms with E-state index in [-0.39, 0.29) is 0 Å². The Balaban J connectivity index is 1.88. The topological polar surface area (TPSA) is 17.8 Å². The van der Waals surface area contributed by atoms with Crippen LogP contribution in [0.1, 0.15) is 52.4 Å². The molecule has 0 aliphatic carbocycles. The summed E-state index contributed by atoms with van der Waals surface area (Å²) in [4.78, 5) is 4.14. The molecule has 2 rings (SSSR count). The van der Waals surface area contributed by atoms with Crippen LogP contribution in [0.2, 0.25) is 0 Å². The first kappa shape index (κ1) is 15.3. The summed E-state index contributed by atoms with van der Waals surface area (Å²) in [6.45, 7) is 5.76. The number of aryl methyl sites for hydroxylation is 1. The fourth-order valence-electron chi connectivity index (χ4n) is 2.62. The number of thioether (sulfide) groups is 2. The number of rotatable bonds is 7. The molecule has 2 nitrogen and oxygen atoms in total. The highest BCUT2D eigenvalue weighted by atomic mass is 32.2. The van der Waals surface area contributed by atoms with E-state index in [1.165, 1.54) is 44.3 Å². The number of aromatic nitrogens is 2. The van der Waals surface area contributed by atoms with Crippen LogP contribution < -0.4 is 0 Å². The van der Waals surface area contributed by atoms with Crippen molar-refractivity contribution in [2.24, 2.45) is 0 Å². The first-order valence-corrected chi connectivity index (χ1v) is 9.42. The van der Waals surface area contributed by atoms with Crippen molar-refractivity contribution >= 4 is 23.5 Å². The number of hydrogen-bond donors (Lipinski definition) is 0. The van der Waals surface area contributed by atoms with Crippen molar-refractivity contribution in [3.8, 4) is 0 Å². The third-order valence-corrected chi connectivity index (χ3v) is 7.74. The Labute approximate surface area is 126 Å². The van der Waals surface area contributed by atoms with Crippen molar-refractivity contribution in [3.63, 3.8) is 0 Å². The molecular formula is C15H26N2S2. The zero-order valence-corrected chi connectivity index (χ0v) is 13.8. The molecule has 19 heavy (non-hydrogen) atoms. The normalized spacial score (nSPS) is 27.6. The lowest BCUT2D eigenvalue weighted by Gasteiger charge is -2.39. The Kier molecular flexibility index (Phi) is 6.14. The Bertz CT molecular complexity index is 353. The molecule has 2 atom stereocenters. The molecule has 2 unspecified atom stereocenters. The van der Waals surface area contributed by atoms with Crippen LogP contribution in [0, 0.1) is 0 Å². The van der Waals surface area contributed by atoms with Gasteiger partial charge in [0.1, 0.15) is 0 Å². The molecule has 0 bridgehead atoms. The predicted octanol–water partition coefficient (Wildman–Crippen LogP) is 4.81. The first-order valence-electron chi connectivity index (χ1n) is 7.55. The van der Waals surface area contributed by atoms with Crippen molar-refractivity contribution in [1.82, 2.24) is 9.55 Å². The summed E-state index contributed by atoms with van der Waals surface area (Å²) in [6.07, 6.45) is 14.0. The highest BCUT2D eigenvalue weighted by Crippen LogP contribution is 2.51. The van der Waals surface area contributed by atoms with Crippen molar-refractivity contribution in [2.75, 3.05) is 5.75 Å². The SMILES string of the molecule is CCCCC1CCSC(CC)(CCn2ccnc2)S1. The molecule has 1 saturated heterocycles. The molecule has 0 saturated carbocycles. The van der Waals surface area contributed by atoms with Gasteiger partial charge in [-0.3, -0.25) is 0 Å². The summed E-state index contributed by atoms with van der Waals surface area (Å²) in [7, 11) is 0. The number of imidazole rings is 1. The molecule has 2 heterocycles. The largest absolute Gasteiger partial charge is 0.337 e. The van der Waals surface area contributed by atoms with E-state index in [1.807, 2.05) is 12.5 Å². The Morgan fingerprint density at radius 1 is 1.42 bits per heavy atom. The molecule has 0 radical (unpaired) electrons. The second-order valence-corrected chi connectivity index (χ2v) is 8.75. The van der Waals surface area contributed by atoms with Crippen LogP contribution in [0.3, 0.4) is 0 Å². The minimum atomic E-state index is 0.445. The fourth-order valence-corrected chi connectivity index (χ4v) is 6.42. The Morgan fingerprint density at radius 2 is 2.32 bits per heavy atom. The van der Waals surface area contributed by atoms with E-state index in [1.54, 1.807) is 0 Å². The van der Waals surface area contributed by atoms with Crippen LogP contribution >= 0.6 is 23.5 Å². The standard InChI is InChI=1S/C15H26N2S2/c1-3-5-6-14-7-12-18-15(4-2,19-14)8-10-17-11-9-16-13-17/h9,11,13-14H,3-8,10,12H2,1-2H3. The van der Waals surface area contributed by atoms with Crippen LogP contribution in [0.25, 0.3) is 0 Å². The third-order valence-electron chi connectivity index (χ3n) is 3.91.